The second kappa shape index (κ2) is 5.39. The fraction of sp³-hybridized carbons (Fsp3) is 0.857. The lowest BCUT2D eigenvalue weighted by Crippen LogP contribution is -2.43. The molecular formula is C14H24N2O3. The van der Waals surface area contributed by atoms with Gasteiger partial charge in [0.05, 0.1) is 0 Å². The highest BCUT2D eigenvalue weighted by Crippen LogP contribution is 2.48. The third kappa shape index (κ3) is 3.01. The Morgan fingerprint density at radius 2 is 2.11 bits per heavy atom. The number of carbonyl (C=O) groups is 2. The predicted octanol–water partition coefficient (Wildman–Crippen LogP) is 2.07. The number of carboxylic acids is 1. The largest absolute Gasteiger partial charge is 0.481 e. The van der Waals surface area contributed by atoms with Gasteiger partial charge in [0.25, 0.3) is 0 Å². The van der Waals surface area contributed by atoms with E-state index in [1.807, 2.05) is 4.90 Å². The third-order valence-electron chi connectivity index (χ3n) is 4.57. The highest BCUT2D eigenvalue weighted by molar-refractivity contribution is 5.75. The normalized spacial score (nSPS) is 28.2. The second-order valence-electron chi connectivity index (χ2n) is 6.45. The van der Waals surface area contributed by atoms with E-state index in [-0.39, 0.29) is 17.9 Å². The van der Waals surface area contributed by atoms with Crippen LogP contribution in [0.15, 0.2) is 0 Å². The quantitative estimate of drug-likeness (QED) is 0.767. The minimum atomic E-state index is -0.813. The molecule has 1 saturated heterocycles. The molecule has 2 aliphatic rings. The zero-order valence-corrected chi connectivity index (χ0v) is 11.8. The predicted molar refractivity (Wildman–Crippen MR) is 71.9 cm³/mol. The van der Waals surface area contributed by atoms with E-state index in [9.17, 15) is 9.59 Å². The molecule has 5 nitrogen and oxygen atoms in total. The maximum atomic E-state index is 12.2. The third-order valence-corrected chi connectivity index (χ3v) is 4.57. The number of carbonyl (C=O) groups excluding carboxylic acids is 1. The van der Waals surface area contributed by atoms with Crippen LogP contribution in [0.1, 0.15) is 46.0 Å². The van der Waals surface area contributed by atoms with Crippen LogP contribution in [0, 0.1) is 11.3 Å². The number of likely N-dealkylation sites (tertiary alicyclic amines) is 1. The number of nitrogens with zero attached hydrogens (tertiary/aromatic N) is 1. The van der Waals surface area contributed by atoms with Gasteiger partial charge in [-0.15, -0.1) is 0 Å². The Balaban J connectivity index is 1.84. The highest BCUT2D eigenvalue weighted by Gasteiger charge is 2.50. The summed E-state index contributed by atoms with van der Waals surface area (Å²) in [4.78, 5) is 24.6. The van der Waals surface area contributed by atoms with Crippen LogP contribution in [0.3, 0.4) is 0 Å². The summed E-state index contributed by atoms with van der Waals surface area (Å²) < 4.78 is 0. The molecule has 2 rings (SSSR count). The summed E-state index contributed by atoms with van der Waals surface area (Å²) >= 11 is 0. The summed E-state index contributed by atoms with van der Waals surface area (Å²) in [6.45, 7) is 5.74. The Kier molecular flexibility index (Phi) is 4.02. The monoisotopic (exact) mass is 268 g/mol. The summed E-state index contributed by atoms with van der Waals surface area (Å²) in [5.41, 5.74) is 0.208. The van der Waals surface area contributed by atoms with Crippen molar-refractivity contribution in [2.75, 3.05) is 13.1 Å². The molecule has 2 unspecified atom stereocenters. The molecule has 5 heteroatoms. The van der Waals surface area contributed by atoms with Gasteiger partial charge in [0.15, 0.2) is 0 Å². The summed E-state index contributed by atoms with van der Waals surface area (Å²) in [6, 6.07) is 0.363. The van der Waals surface area contributed by atoms with Crippen molar-refractivity contribution in [2.24, 2.45) is 11.3 Å². The first kappa shape index (κ1) is 14.2. The fourth-order valence-electron chi connectivity index (χ4n) is 3.66. The molecule has 0 aromatic heterocycles. The molecule has 0 spiro atoms. The number of carboxylic acid groups (broad SMARTS) is 1. The number of aliphatic carboxylic acids is 1. The van der Waals surface area contributed by atoms with Crippen molar-refractivity contribution in [3.8, 4) is 0 Å². The number of amides is 2. The van der Waals surface area contributed by atoms with Crippen molar-refractivity contribution in [3.63, 3.8) is 0 Å². The molecule has 1 saturated carbocycles. The topological polar surface area (TPSA) is 69.6 Å². The fourth-order valence-corrected chi connectivity index (χ4v) is 3.66. The summed E-state index contributed by atoms with van der Waals surface area (Å²) in [6.07, 6.45) is 4.14. The van der Waals surface area contributed by atoms with Gasteiger partial charge in [0.1, 0.15) is 0 Å². The van der Waals surface area contributed by atoms with Gasteiger partial charge in [-0.2, -0.15) is 0 Å². The zero-order chi connectivity index (χ0) is 14.0. The summed E-state index contributed by atoms with van der Waals surface area (Å²) in [5.74, 6) is -0.190. The van der Waals surface area contributed by atoms with E-state index in [1.54, 1.807) is 0 Å². The number of nitrogens with one attached hydrogen (secondary N) is 1. The van der Waals surface area contributed by atoms with Crippen LogP contribution in [0.25, 0.3) is 0 Å². The summed E-state index contributed by atoms with van der Waals surface area (Å²) in [5, 5.41) is 11.4. The Bertz CT molecular complexity index is 368. The van der Waals surface area contributed by atoms with Crippen molar-refractivity contribution >= 4 is 12.0 Å². The average Bonchev–Trinajstić information content (AvgIpc) is 2.88. The van der Waals surface area contributed by atoms with Crippen LogP contribution in [-0.2, 0) is 4.79 Å². The first-order chi connectivity index (χ1) is 8.92. The van der Waals surface area contributed by atoms with E-state index < -0.39 is 5.97 Å². The van der Waals surface area contributed by atoms with Gasteiger partial charge >= 0.3 is 12.0 Å². The maximum Gasteiger partial charge on any atom is 0.317 e. The Morgan fingerprint density at radius 1 is 1.37 bits per heavy atom. The molecule has 2 amide bonds. The minimum absolute atomic E-state index is 0.0205. The number of urea groups is 1. The molecule has 1 aliphatic carbocycles. The van der Waals surface area contributed by atoms with Crippen LogP contribution in [0.2, 0.25) is 0 Å². The molecule has 2 N–H and O–H groups in total. The Hall–Kier alpha value is -1.26. The summed E-state index contributed by atoms with van der Waals surface area (Å²) in [7, 11) is 0. The van der Waals surface area contributed by atoms with Gasteiger partial charge < -0.3 is 15.3 Å². The van der Waals surface area contributed by atoms with Gasteiger partial charge in [0.2, 0.25) is 0 Å². The van der Waals surface area contributed by atoms with Crippen LogP contribution < -0.4 is 5.32 Å². The lowest BCUT2D eigenvalue weighted by molar-refractivity contribution is -0.137. The van der Waals surface area contributed by atoms with Gasteiger partial charge in [-0.05, 0) is 30.6 Å². The van der Waals surface area contributed by atoms with Gasteiger partial charge in [-0.25, -0.2) is 4.79 Å². The van der Waals surface area contributed by atoms with E-state index in [0.717, 1.165) is 13.0 Å². The van der Waals surface area contributed by atoms with E-state index in [0.29, 0.717) is 24.9 Å². The maximum absolute atomic E-state index is 12.2. The smallest absolute Gasteiger partial charge is 0.317 e. The zero-order valence-electron chi connectivity index (χ0n) is 11.8. The molecule has 1 aliphatic heterocycles. The number of hydrogen-bond acceptors (Lipinski definition) is 2. The van der Waals surface area contributed by atoms with E-state index in [1.165, 1.54) is 12.8 Å². The van der Waals surface area contributed by atoms with Crippen molar-refractivity contribution in [1.29, 1.82) is 0 Å². The number of hydrogen-bond donors (Lipinski definition) is 2. The SMILES string of the molecule is CC1(C)CN(C(=O)NCCCC(=O)O)C2CCCC21. The molecular weight excluding hydrogens is 244 g/mol. The van der Waals surface area contributed by atoms with Crippen molar-refractivity contribution < 1.29 is 14.7 Å². The van der Waals surface area contributed by atoms with Crippen LogP contribution in [0.5, 0.6) is 0 Å². The number of fused-ring (bicyclic) bond motifs is 1. The molecule has 108 valence electrons. The number of rotatable bonds is 4. The molecule has 2 atom stereocenters. The minimum Gasteiger partial charge on any atom is -0.481 e. The average molecular weight is 268 g/mol. The van der Waals surface area contributed by atoms with Gasteiger partial charge in [-0.1, -0.05) is 20.3 Å². The second-order valence-corrected chi connectivity index (χ2v) is 6.45. The molecule has 0 aromatic carbocycles. The molecule has 19 heavy (non-hydrogen) atoms. The molecule has 0 bridgehead atoms. The van der Waals surface area contributed by atoms with Crippen molar-refractivity contribution in [1.82, 2.24) is 10.2 Å². The van der Waals surface area contributed by atoms with Crippen LogP contribution in [-0.4, -0.2) is 41.1 Å². The van der Waals surface area contributed by atoms with Crippen LogP contribution in [0.4, 0.5) is 4.79 Å². The standard InChI is InChI=1S/C14H24N2O3/c1-14(2)9-16(11-6-3-5-10(11)14)13(19)15-8-4-7-12(17)18/h10-11H,3-9H2,1-2H3,(H,15,19)(H,17,18). The van der Waals surface area contributed by atoms with Crippen LogP contribution >= 0.6 is 0 Å². The highest BCUT2D eigenvalue weighted by atomic mass is 16.4. The first-order valence-electron chi connectivity index (χ1n) is 7.18. The lowest BCUT2D eigenvalue weighted by Gasteiger charge is -2.24. The van der Waals surface area contributed by atoms with E-state index in [2.05, 4.69) is 19.2 Å². The molecule has 0 radical (unpaired) electrons. The van der Waals surface area contributed by atoms with E-state index >= 15 is 0 Å². The Morgan fingerprint density at radius 3 is 2.79 bits per heavy atom. The lowest BCUT2D eigenvalue weighted by atomic mass is 9.80. The van der Waals surface area contributed by atoms with Gasteiger partial charge in [0, 0.05) is 25.6 Å². The molecule has 0 aromatic rings. The van der Waals surface area contributed by atoms with E-state index in [4.69, 9.17) is 5.11 Å². The van der Waals surface area contributed by atoms with Crippen molar-refractivity contribution in [2.45, 2.75) is 52.0 Å². The Labute approximate surface area is 114 Å². The first-order valence-corrected chi connectivity index (χ1v) is 7.18. The molecule has 1 heterocycles. The van der Waals surface area contributed by atoms with Crippen molar-refractivity contribution in [3.05, 3.63) is 0 Å². The van der Waals surface area contributed by atoms with Gasteiger partial charge in [-0.3, -0.25) is 4.79 Å². The molecule has 2 fully saturated rings.